The highest BCUT2D eigenvalue weighted by molar-refractivity contribution is 6.39. The van der Waals surface area contributed by atoms with E-state index in [4.69, 9.17) is 9.47 Å². The van der Waals surface area contributed by atoms with E-state index in [9.17, 15) is 14.4 Å². The molecule has 1 saturated heterocycles. The predicted octanol–water partition coefficient (Wildman–Crippen LogP) is -0.346. The van der Waals surface area contributed by atoms with Crippen LogP contribution in [-0.2, 0) is 14.4 Å². The number of carbonyl (C=O) groups is 3. The number of nitrogens with one attached hydrogen (secondary N) is 1. The molecule has 22 heavy (non-hydrogen) atoms. The number of benzene rings is 1. The second-order valence-electron chi connectivity index (χ2n) is 4.96. The van der Waals surface area contributed by atoms with E-state index in [-0.39, 0.29) is 6.79 Å². The van der Waals surface area contributed by atoms with Crippen molar-refractivity contribution in [1.82, 2.24) is 9.80 Å². The zero-order valence-corrected chi connectivity index (χ0v) is 11.8. The molecule has 0 spiro atoms. The quantitative estimate of drug-likeness (QED) is 0.596. The molecule has 3 amide bonds. The van der Waals surface area contributed by atoms with E-state index in [1.807, 2.05) is 0 Å². The van der Waals surface area contributed by atoms with Crippen LogP contribution in [0.2, 0.25) is 0 Å². The summed E-state index contributed by atoms with van der Waals surface area (Å²) in [6, 6.07) is 4.92. The lowest BCUT2D eigenvalue weighted by Gasteiger charge is -2.31. The number of nitrogens with zero attached hydrogens (tertiary/aromatic N) is 2. The van der Waals surface area contributed by atoms with Gasteiger partial charge >= 0.3 is 11.8 Å². The molecule has 0 radical (unpaired) electrons. The Morgan fingerprint density at radius 2 is 1.82 bits per heavy atom. The van der Waals surface area contributed by atoms with Crippen LogP contribution in [0.1, 0.15) is 0 Å². The summed E-state index contributed by atoms with van der Waals surface area (Å²) >= 11 is 0. The average Bonchev–Trinajstić information content (AvgIpc) is 3.02. The normalized spacial score (nSPS) is 16.4. The van der Waals surface area contributed by atoms with Gasteiger partial charge in [0.15, 0.2) is 11.5 Å². The van der Waals surface area contributed by atoms with Gasteiger partial charge in [0, 0.05) is 37.9 Å². The molecule has 8 nitrogen and oxygen atoms in total. The summed E-state index contributed by atoms with van der Waals surface area (Å²) in [5, 5.41) is 2.55. The third kappa shape index (κ3) is 2.80. The SMILES string of the molecule is O=CN1CCN(C(=O)C(=O)Nc2ccc3c(c2)OCO3)CC1. The van der Waals surface area contributed by atoms with Crippen molar-refractivity contribution in [2.75, 3.05) is 38.3 Å². The molecule has 0 atom stereocenters. The van der Waals surface area contributed by atoms with E-state index in [0.29, 0.717) is 43.4 Å². The molecule has 0 aliphatic carbocycles. The molecular formula is C14H15N3O5. The number of hydrogen-bond donors (Lipinski definition) is 1. The summed E-state index contributed by atoms with van der Waals surface area (Å²) in [5.41, 5.74) is 0.467. The molecule has 1 fully saturated rings. The van der Waals surface area contributed by atoms with Crippen LogP contribution in [0.5, 0.6) is 11.5 Å². The first-order valence-corrected chi connectivity index (χ1v) is 6.86. The number of rotatable bonds is 2. The van der Waals surface area contributed by atoms with Crippen LogP contribution in [-0.4, -0.2) is 61.0 Å². The molecule has 1 aromatic carbocycles. The van der Waals surface area contributed by atoms with E-state index < -0.39 is 11.8 Å². The van der Waals surface area contributed by atoms with Crippen LogP contribution in [0.3, 0.4) is 0 Å². The van der Waals surface area contributed by atoms with Crippen molar-refractivity contribution in [3.05, 3.63) is 18.2 Å². The van der Waals surface area contributed by atoms with E-state index in [1.165, 1.54) is 4.90 Å². The van der Waals surface area contributed by atoms with Gasteiger partial charge in [-0.3, -0.25) is 14.4 Å². The van der Waals surface area contributed by atoms with Gasteiger partial charge in [-0.25, -0.2) is 0 Å². The number of hydrogen-bond acceptors (Lipinski definition) is 5. The summed E-state index contributed by atoms with van der Waals surface area (Å²) in [5.74, 6) is -0.180. The van der Waals surface area contributed by atoms with Crippen molar-refractivity contribution >= 4 is 23.9 Å². The largest absolute Gasteiger partial charge is 0.454 e. The Labute approximate surface area is 126 Å². The minimum absolute atomic E-state index is 0.146. The van der Waals surface area contributed by atoms with Gasteiger partial charge in [0.05, 0.1) is 0 Å². The Kier molecular flexibility index (Phi) is 3.82. The van der Waals surface area contributed by atoms with Crippen LogP contribution < -0.4 is 14.8 Å². The molecular weight excluding hydrogens is 290 g/mol. The maximum absolute atomic E-state index is 12.1. The number of carbonyl (C=O) groups excluding carboxylic acids is 3. The molecule has 8 heteroatoms. The van der Waals surface area contributed by atoms with E-state index >= 15 is 0 Å². The van der Waals surface area contributed by atoms with Crippen LogP contribution in [0, 0.1) is 0 Å². The molecule has 0 unspecified atom stereocenters. The van der Waals surface area contributed by atoms with Gasteiger partial charge in [0.2, 0.25) is 13.2 Å². The molecule has 1 aromatic rings. The Hall–Kier alpha value is -2.77. The monoisotopic (exact) mass is 305 g/mol. The highest BCUT2D eigenvalue weighted by Gasteiger charge is 2.26. The van der Waals surface area contributed by atoms with Gasteiger partial charge in [0.1, 0.15) is 0 Å². The fourth-order valence-electron chi connectivity index (χ4n) is 2.33. The molecule has 1 N–H and O–H groups in total. The van der Waals surface area contributed by atoms with Crippen molar-refractivity contribution < 1.29 is 23.9 Å². The number of fused-ring (bicyclic) bond motifs is 1. The van der Waals surface area contributed by atoms with E-state index in [2.05, 4.69) is 5.32 Å². The summed E-state index contributed by atoms with van der Waals surface area (Å²) in [4.78, 5) is 37.7. The maximum atomic E-state index is 12.1. The summed E-state index contributed by atoms with van der Waals surface area (Å²) < 4.78 is 10.4. The summed E-state index contributed by atoms with van der Waals surface area (Å²) in [6.45, 7) is 1.73. The molecule has 2 aliphatic rings. The van der Waals surface area contributed by atoms with Crippen LogP contribution >= 0.6 is 0 Å². The Morgan fingerprint density at radius 1 is 1.09 bits per heavy atom. The van der Waals surface area contributed by atoms with Gasteiger partial charge in [0.25, 0.3) is 0 Å². The van der Waals surface area contributed by atoms with E-state index in [1.54, 1.807) is 23.1 Å². The van der Waals surface area contributed by atoms with Gasteiger partial charge in [-0.1, -0.05) is 0 Å². The molecule has 0 saturated carbocycles. The van der Waals surface area contributed by atoms with E-state index in [0.717, 1.165) is 6.41 Å². The third-order valence-corrected chi connectivity index (χ3v) is 3.58. The first kappa shape index (κ1) is 14.2. The Balaban J connectivity index is 1.59. The zero-order valence-electron chi connectivity index (χ0n) is 11.8. The minimum atomic E-state index is -0.710. The fraction of sp³-hybridized carbons (Fsp3) is 0.357. The van der Waals surface area contributed by atoms with Crippen molar-refractivity contribution in [3.8, 4) is 11.5 Å². The highest BCUT2D eigenvalue weighted by atomic mass is 16.7. The smallest absolute Gasteiger partial charge is 0.313 e. The van der Waals surface area contributed by atoms with Gasteiger partial charge < -0.3 is 24.6 Å². The van der Waals surface area contributed by atoms with Crippen molar-refractivity contribution in [3.63, 3.8) is 0 Å². The summed E-state index contributed by atoms with van der Waals surface area (Å²) in [6.07, 6.45) is 0.745. The zero-order chi connectivity index (χ0) is 15.5. The number of amides is 3. The topological polar surface area (TPSA) is 88.2 Å². The van der Waals surface area contributed by atoms with Crippen molar-refractivity contribution in [2.24, 2.45) is 0 Å². The van der Waals surface area contributed by atoms with Crippen LogP contribution in [0.15, 0.2) is 18.2 Å². The van der Waals surface area contributed by atoms with Gasteiger partial charge in [-0.05, 0) is 12.1 Å². The third-order valence-electron chi connectivity index (χ3n) is 3.58. The van der Waals surface area contributed by atoms with Gasteiger partial charge in [-0.15, -0.1) is 0 Å². The van der Waals surface area contributed by atoms with Crippen LogP contribution in [0.25, 0.3) is 0 Å². The number of ether oxygens (including phenoxy) is 2. The minimum Gasteiger partial charge on any atom is -0.454 e. The molecule has 3 rings (SSSR count). The average molecular weight is 305 g/mol. The van der Waals surface area contributed by atoms with Crippen LogP contribution in [0.4, 0.5) is 5.69 Å². The molecule has 0 aromatic heterocycles. The first-order chi connectivity index (χ1) is 10.7. The number of piperazine rings is 1. The molecule has 0 bridgehead atoms. The molecule has 116 valence electrons. The number of anilines is 1. The first-order valence-electron chi connectivity index (χ1n) is 6.86. The highest BCUT2D eigenvalue weighted by Crippen LogP contribution is 2.34. The van der Waals surface area contributed by atoms with Crippen molar-refractivity contribution in [1.29, 1.82) is 0 Å². The lowest BCUT2D eigenvalue weighted by atomic mass is 10.2. The lowest BCUT2D eigenvalue weighted by Crippen LogP contribution is -2.51. The van der Waals surface area contributed by atoms with Crippen molar-refractivity contribution in [2.45, 2.75) is 0 Å². The van der Waals surface area contributed by atoms with Gasteiger partial charge in [-0.2, -0.15) is 0 Å². The fourth-order valence-corrected chi connectivity index (χ4v) is 2.33. The second-order valence-corrected chi connectivity index (χ2v) is 4.96. The maximum Gasteiger partial charge on any atom is 0.313 e. The standard InChI is InChI=1S/C14H15N3O5/c18-8-16-3-5-17(6-4-16)14(20)13(19)15-10-1-2-11-12(7-10)22-9-21-11/h1-2,7-8H,3-6,9H2,(H,15,19). The second kappa shape index (κ2) is 5.92. The Bertz CT molecular complexity index is 610. The predicted molar refractivity (Wildman–Crippen MR) is 75.4 cm³/mol. The Morgan fingerprint density at radius 3 is 2.55 bits per heavy atom. The lowest BCUT2D eigenvalue weighted by molar-refractivity contribution is -0.144. The summed E-state index contributed by atoms with van der Waals surface area (Å²) in [7, 11) is 0. The molecule has 2 heterocycles. The molecule has 2 aliphatic heterocycles.